The van der Waals surface area contributed by atoms with Gasteiger partial charge in [0.25, 0.3) is 10.9 Å². The van der Waals surface area contributed by atoms with E-state index in [4.69, 9.17) is 4.42 Å². The second-order valence-corrected chi connectivity index (χ2v) is 8.30. The monoisotopic (exact) mass is 375 g/mol. The average molecular weight is 375 g/mol. The van der Waals surface area contributed by atoms with Gasteiger partial charge in [0.05, 0.1) is 10.7 Å². The summed E-state index contributed by atoms with van der Waals surface area (Å²) < 4.78 is 5.55. The van der Waals surface area contributed by atoms with E-state index in [2.05, 4.69) is 17.2 Å². The van der Waals surface area contributed by atoms with Crippen molar-refractivity contribution in [3.05, 3.63) is 28.3 Å². The lowest BCUT2D eigenvalue weighted by atomic mass is 9.84. The van der Waals surface area contributed by atoms with Gasteiger partial charge in [-0.15, -0.1) is 0 Å². The summed E-state index contributed by atoms with van der Waals surface area (Å²) in [5.74, 6) is 2.43. The normalized spacial score (nSPS) is 25.5. The predicted molar refractivity (Wildman–Crippen MR) is 97.9 cm³/mol. The first-order valence-electron chi connectivity index (χ1n) is 8.96. The second-order valence-electron chi connectivity index (χ2n) is 7.37. The van der Waals surface area contributed by atoms with Crippen LogP contribution in [0.25, 0.3) is 11.1 Å². The van der Waals surface area contributed by atoms with Gasteiger partial charge >= 0.3 is 0 Å². The summed E-state index contributed by atoms with van der Waals surface area (Å²) in [7, 11) is 0. The Labute approximate surface area is 155 Å². The van der Waals surface area contributed by atoms with Gasteiger partial charge in [-0.3, -0.25) is 14.9 Å². The van der Waals surface area contributed by atoms with Crippen molar-refractivity contribution >= 4 is 34.5 Å². The van der Waals surface area contributed by atoms with Crippen LogP contribution in [0.5, 0.6) is 0 Å². The lowest BCUT2D eigenvalue weighted by Crippen LogP contribution is -2.40. The number of aromatic nitrogens is 1. The molecule has 1 N–H and O–H groups in total. The van der Waals surface area contributed by atoms with E-state index in [0.717, 1.165) is 11.8 Å². The van der Waals surface area contributed by atoms with Crippen LogP contribution in [0.3, 0.4) is 0 Å². The van der Waals surface area contributed by atoms with Gasteiger partial charge in [-0.1, -0.05) is 18.2 Å². The van der Waals surface area contributed by atoms with E-state index < -0.39 is 4.92 Å². The van der Waals surface area contributed by atoms with Crippen LogP contribution in [0.4, 0.5) is 5.69 Å². The molecule has 2 fully saturated rings. The van der Waals surface area contributed by atoms with E-state index in [-0.39, 0.29) is 23.4 Å². The maximum Gasteiger partial charge on any atom is 0.271 e. The first-order valence-corrected chi connectivity index (χ1v) is 9.95. The largest absolute Gasteiger partial charge is 0.431 e. The molecule has 4 rings (SSSR count). The van der Waals surface area contributed by atoms with E-state index in [1.54, 1.807) is 0 Å². The number of nitro benzene ring substituents is 1. The number of amides is 1. The molecule has 7 nitrogen and oxygen atoms in total. The number of carbonyl (C=O) groups is 1. The van der Waals surface area contributed by atoms with Crippen molar-refractivity contribution in [2.24, 2.45) is 17.8 Å². The van der Waals surface area contributed by atoms with Crippen LogP contribution >= 0.6 is 11.8 Å². The Morgan fingerprint density at radius 2 is 2.31 bits per heavy atom. The molecule has 1 amide bonds. The van der Waals surface area contributed by atoms with Crippen molar-refractivity contribution in [3.8, 4) is 0 Å². The van der Waals surface area contributed by atoms with Crippen LogP contribution in [0.15, 0.2) is 27.8 Å². The fourth-order valence-corrected chi connectivity index (χ4v) is 5.16. The zero-order valence-electron chi connectivity index (χ0n) is 14.5. The number of thioether (sulfide) groups is 1. The van der Waals surface area contributed by atoms with Crippen LogP contribution in [0.2, 0.25) is 0 Å². The summed E-state index contributed by atoms with van der Waals surface area (Å²) >= 11 is 1.21. The predicted octanol–water partition coefficient (Wildman–Crippen LogP) is 3.77. The Kier molecular flexibility index (Phi) is 4.60. The molecule has 2 aliphatic carbocycles. The highest BCUT2D eigenvalue weighted by Gasteiger charge is 2.42. The summed E-state index contributed by atoms with van der Waals surface area (Å²) in [4.78, 5) is 26.8. The summed E-state index contributed by atoms with van der Waals surface area (Å²) in [5, 5.41) is 14.3. The molecule has 0 spiro atoms. The second kappa shape index (κ2) is 6.90. The third kappa shape index (κ3) is 3.42. The third-order valence-electron chi connectivity index (χ3n) is 5.71. The van der Waals surface area contributed by atoms with Gasteiger partial charge in [0.1, 0.15) is 5.52 Å². The standard InChI is InChI=1S/C18H21N3O4S/c1-10(14-7-11-2-3-12(14)6-11)19-17(22)9-26-18-20-15-8-13(21(23)24)4-5-16(15)25-18/h4-5,8,10-12,14H,2-3,6-7,9H2,1H3,(H,19,22). The number of fused-ring (bicyclic) bond motifs is 3. The molecule has 1 aromatic carbocycles. The van der Waals surface area contributed by atoms with E-state index >= 15 is 0 Å². The minimum atomic E-state index is -0.467. The molecule has 1 heterocycles. The lowest BCUT2D eigenvalue weighted by molar-refractivity contribution is -0.384. The Bertz CT molecular complexity index is 852. The van der Waals surface area contributed by atoms with Gasteiger partial charge in [-0.25, -0.2) is 4.98 Å². The first-order chi connectivity index (χ1) is 12.5. The molecule has 2 bridgehead atoms. The van der Waals surface area contributed by atoms with E-state index in [0.29, 0.717) is 22.2 Å². The van der Waals surface area contributed by atoms with Gasteiger partial charge in [0.2, 0.25) is 5.91 Å². The highest BCUT2D eigenvalue weighted by Crippen LogP contribution is 2.49. The fraction of sp³-hybridized carbons (Fsp3) is 0.556. The van der Waals surface area contributed by atoms with Crippen LogP contribution in [-0.4, -0.2) is 27.6 Å². The molecule has 0 aliphatic heterocycles. The number of nitrogens with zero attached hydrogens (tertiary/aromatic N) is 2. The van der Waals surface area contributed by atoms with Crippen LogP contribution in [-0.2, 0) is 4.79 Å². The molecule has 0 radical (unpaired) electrons. The molecule has 2 aliphatic rings. The minimum Gasteiger partial charge on any atom is -0.431 e. The highest BCUT2D eigenvalue weighted by molar-refractivity contribution is 7.99. The molecule has 2 saturated carbocycles. The van der Waals surface area contributed by atoms with Gasteiger partial charge in [-0.2, -0.15) is 0 Å². The van der Waals surface area contributed by atoms with Crippen LogP contribution in [0, 0.1) is 27.9 Å². The molecular formula is C18H21N3O4S. The number of hydrogen-bond donors (Lipinski definition) is 1. The lowest BCUT2D eigenvalue weighted by Gasteiger charge is -2.28. The quantitative estimate of drug-likeness (QED) is 0.469. The summed E-state index contributed by atoms with van der Waals surface area (Å²) in [6, 6.07) is 4.48. The minimum absolute atomic E-state index is 0.0280. The highest BCUT2D eigenvalue weighted by atomic mass is 32.2. The third-order valence-corrected chi connectivity index (χ3v) is 6.54. The average Bonchev–Trinajstić information content (AvgIpc) is 3.33. The van der Waals surface area contributed by atoms with Crippen molar-refractivity contribution in [3.63, 3.8) is 0 Å². The number of oxazole rings is 1. The zero-order valence-corrected chi connectivity index (χ0v) is 15.3. The molecule has 0 saturated heterocycles. The molecule has 1 aromatic heterocycles. The van der Waals surface area contributed by atoms with Crippen molar-refractivity contribution in [2.45, 2.75) is 43.9 Å². The maximum atomic E-state index is 12.3. The topological polar surface area (TPSA) is 98.3 Å². The Hall–Kier alpha value is -2.09. The fourth-order valence-electron chi connectivity index (χ4n) is 4.51. The SMILES string of the molecule is CC(NC(=O)CSc1nc2cc([N+](=O)[O-])ccc2o1)C1CC2CCC1C2. The number of hydrogen-bond acceptors (Lipinski definition) is 6. The number of nitrogens with one attached hydrogen (secondary N) is 1. The van der Waals surface area contributed by atoms with Gasteiger partial charge in [0.15, 0.2) is 5.58 Å². The molecule has 4 atom stereocenters. The summed E-state index contributed by atoms with van der Waals surface area (Å²) in [5.41, 5.74) is 0.881. The Morgan fingerprint density at radius 1 is 1.46 bits per heavy atom. The van der Waals surface area contributed by atoms with Crippen LogP contribution < -0.4 is 5.32 Å². The van der Waals surface area contributed by atoms with Crippen LogP contribution in [0.1, 0.15) is 32.6 Å². The molecule has 2 aromatic rings. The Morgan fingerprint density at radius 3 is 3.00 bits per heavy atom. The van der Waals surface area contributed by atoms with Crippen molar-refractivity contribution in [1.82, 2.24) is 10.3 Å². The van der Waals surface area contributed by atoms with Gasteiger partial charge in [-0.05, 0) is 50.0 Å². The molecule has 4 unspecified atom stereocenters. The van der Waals surface area contributed by atoms with E-state index in [1.807, 2.05) is 0 Å². The van der Waals surface area contributed by atoms with Crippen molar-refractivity contribution in [1.29, 1.82) is 0 Å². The summed E-state index contributed by atoms with van der Waals surface area (Å²) in [6.45, 7) is 2.10. The number of nitro groups is 1. The van der Waals surface area contributed by atoms with Crippen molar-refractivity contribution < 1.29 is 14.1 Å². The van der Waals surface area contributed by atoms with Gasteiger partial charge in [0, 0.05) is 18.2 Å². The molecule has 26 heavy (non-hydrogen) atoms. The zero-order chi connectivity index (χ0) is 18.3. The number of carbonyl (C=O) groups excluding carboxylic acids is 1. The van der Waals surface area contributed by atoms with E-state index in [9.17, 15) is 14.9 Å². The molecule has 8 heteroatoms. The van der Waals surface area contributed by atoms with Gasteiger partial charge < -0.3 is 9.73 Å². The molecule has 138 valence electrons. The van der Waals surface area contributed by atoms with Crippen molar-refractivity contribution in [2.75, 3.05) is 5.75 Å². The summed E-state index contributed by atoms with van der Waals surface area (Å²) in [6.07, 6.45) is 5.23. The first kappa shape index (κ1) is 17.3. The molecular weight excluding hydrogens is 354 g/mol. The maximum absolute atomic E-state index is 12.3. The number of non-ortho nitro benzene ring substituents is 1. The number of benzene rings is 1. The Balaban J connectivity index is 1.32. The smallest absolute Gasteiger partial charge is 0.271 e. The number of rotatable bonds is 6. The van der Waals surface area contributed by atoms with E-state index in [1.165, 1.54) is 55.6 Å².